The van der Waals surface area contributed by atoms with E-state index in [1.54, 1.807) is 6.92 Å². The van der Waals surface area contributed by atoms with Gasteiger partial charge in [-0.05, 0) is 19.8 Å². The van der Waals surface area contributed by atoms with Crippen LogP contribution in [0.25, 0.3) is 0 Å². The molecule has 4 heteroatoms. The molecule has 2 N–H and O–H groups in total. The van der Waals surface area contributed by atoms with Gasteiger partial charge in [0, 0.05) is 5.57 Å². The fourth-order valence-electron chi connectivity index (χ4n) is 3.65. The van der Waals surface area contributed by atoms with Crippen LogP contribution >= 0.6 is 0 Å². The Kier molecular flexibility index (Phi) is 18.1. The number of allylic oxidation sites excluding steroid dienone is 1. The standard InChI is InChI=1S/C24H44O4/c1-3-4-5-6-7-8-9-10-11-12-13-14-15-16-17-18-19-21(2)22(24(27)28)20-23(25)26/h3-20H2,1-2H3,(H,25,26)(H,27,28). The molecule has 0 unspecified atom stereocenters. The lowest BCUT2D eigenvalue weighted by molar-refractivity contribution is -0.139. The number of hydrogen-bond donors (Lipinski definition) is 2. The van der Waals surface area contributed by atoms with Crippen LogP contribution in [-0.4, -0.2) is 22.2 Å². The number of aliphatic carboxylic acids is 2. The third kappa shape index (κ3) is 16.8. The molecule has 0 heterocycles. The van der Waals surface area contributed by atoms with E-state index >= 15 is 0 Å². The molecule has 0 saturated carbocycles. The fourth-order valence-corrected chi connectivity index (χ4v) is 3.65. The topological polar surface area (TPSA) is 74.6 Å². The van der Waals surface area contributed by atoms with Crippen molar-refractivity contribution in [3.05, 3.63) is 11.1 Å². The Morgan fingerprint density at radius 3 is 1.29 bits per heavy atom. The number of carboxylic acids is 2. The van der Waals surface area contributed by atoms with Crippen LogP contribution in [0.1, 0.15) is 129 Å². The summed E-state index contributed by atoms with van der Waals surface area (Å²) in [4.78, 5) is 21.9. The zero-order valence-electron chi connectivity index (χ0n) is 18.4. The Morgan fingerprint density at radius 2 is 0.964 bits per heavy atom. The first-order valence-electron chi connectivity index (χ1n) is 11.6. The Morgan fingerprint density at radius 1 is 0.607 bits per heavy atom. The quantitative estimate of drug-likeness (QED) is 0.165. The zero-order valence-corrected chi connectivity index (χ0v) is 18.4. The van der Waals surface area contributed by atoms with Crippen molar-refractivity contribution >= 4 is 11.9 Å². The summed E-state index contributed by atoms with van der Waals surface area (Å²) in [5, 5.41) is 17.9. The molecule has 0 radical (unpaired) electrons. The maximum atomic E-state index is 11.1. The normalized spacial score (nSPS) is 12.1. The van der Waals surface area contributed by atoms with Crippen molar-refractivity contribution in [1.29, 1.82) is 0 Å². The van der Waals surface area contributed by atoms with Gasteiger partial charge in [0.25, 0.3) is 0 Å². The van der Waals surface area contributed by atoms with E-state index in [-0.39, 0.29) is 12.0 Å². The van der Waals surface area contributed by atoms with Crippen LogP contribution in [0.3, 0.4) is 0 Å². The van der Waals surface area contributed by atoms with Crippen LogP contribution in [0.5, 0.6) is 0 Å². The second-order valence-electron chi connectivity index (χ2n) is 8.19. The van der Waals surface area contributed by atoms with Crippen molar-refractivity contribution in [2.45, 2.75) is 129 Å². The maximum absolute atomic E-state index is 11.1. The number of carboxylic acid groups (broad SMARTS) is 2. The molecule has 0 spiro atoms. The lowest BCUT2D eigenvalue weighted by atomic mass is 9.99. The molecular weight excluding hydrogens is 352 g/mol. The molecular formula is C24H44O4. The van der Waals surface area contributed by atoms with Crippen LogP contribution in [0.4, 0.5) is 0 Å². The minimum absolute atomic E-state index is 0.0495. The summed E-state index contributed by atoms with van der Waals surface area (Å²) in [5.74, 6) is -2.18. The smallest absolute Gasteiger partial charge is 0.332 e. The number of carbonyl (C=O) groups is 2. The first-order valence-corrected chi connectivity index (χ1v) is 11.6. The minimum Gasteiger partial charge on any atom is -0.481 e. The van der Waals surface area contributed by atoms with E-state index < -0.39 is 11.9 Å². The van der Waals surface area contributed by atoms with E-state index in [4.69, 9.17) is 10.2 Å². The SMILES string of the molecule is CCCCCCCCCCCCCCCCCCC(C)=C(CC(=O)O)C(=O)O. The van der Waals surface area contributed by atoms with Gasteiger partial charge in [-0.1, -0.05) is 109 Å². The van der Waals surface area contributed by atoms with Crippen LogP contribution in [0.15, 0.2) is 11.1 Å². The first kappa shape index (κ1) is 26.7. The molecule has 0 bridgehead atoms. The highest BCUT2D eigenvalue weighted by Gasteiger charge is 2.14. The van der Waals surface area contributed by atoms with Crippen molar-refractivity contribution in [3.63, 3.8) is 0 Å². The van der Waals surface area contributed by atoms with Crippen LogP contribution < -0.4 is 0 Å². The van der Waals surface area contributed by atoms with Crippen LogP contribution in [0.2, 0.25) is 0 Å². The second kappa shape index (κ2) is 19.0. The molecule has 0 rings (SSSR count). The molecule has 0 aromatic carbocycles. The van der Waals surface area contributed by atoms with Gasteiger partial charge in [-0.25, -0.2) is 4.79 Å². The van der Waals surface area contributed by atoms with Gasteiger partial charge < -0.3 is 10.2 Å². The summed E-state index contributed by atoms with van der Waals surface area (Å²) in [6, 6.07) is 0. The van der Waals surface area contributed by atoms with E-state index in [1.807, 2.05) is 0 Å². The molecule has 0 amide bonds. The average molecular weight is 397 g/mol. The van der Waals surface area contributed by atoms with E-state index in [9.17, 15) is 9.59 Å². The summed E-state index contributed by atoms with van der Waals surface area (Å²) in [6.45, 7) is 4.01. The molecule has 0 aromatic rings. The molecule has 0 atom stereocenters. The van der Waals surface area contributed by atoms with Crippen LogP contribution in [0, 0.1) is 0 Å². The van der Waals surface area contributed by atoms with Crippen molar-refractivity contribution in [1.82, 2.24) is 0 Å². The second-order valence-corrected chi connectivity index (χ2v) is 8.19. The molecule has 0 aliphatic heterocycles. The van der Waals surface area contributed by atoms with E-state index in [2.05, 4.69) is 6.92 Å². The summed E-state index contributed by atoms with van der Waals surface area (Å²) < 4.78 is 0. The van der Waals surface area contributed by atoms with Crippen molar-refractivity contribution in [2.75, 3.05) is 0 Å². The monoisotopic (exact) mass is 396 g/mol. The number of rotatable bonds is 20. The predicted molar refractivity (Wildman–Crippen MR) is 117 cm³/mol. The minimum atomic E-state index is -1.10. The molecule has 0 fully saturated rings. The van der Waals surface area contributed by atoms with Crippen LogP contribution in [-0.2, 0) is 9.59 Å². The Hall–Kier alpha value is -1.32. The lowest BCUT2D eigenvalue weighted by Gasteiger charge is -2.07. The first-order chi connectivity index (χ1) is 13.5. The zero-order chi connectivity index (χ0) is 21.0. The number of hydrogen-bond acceptors (Lipinski definition) is 2. The highest BCUT2D eigenvalue weighted by atomic mass is 16.4. The van der Waals surface area contributed by atoms with Crippen molar-refractivity contribution < 1.29 is 19.8 Å². The highest BCUT2D eigenvalue weighted by Crippen LogP contribution is 2.18. The van der Waals surface area contributed by atoms with E-state index in [0.717, 1.165) is 12.8 Å². The van der Waals surface area contributed by atoms with Gasteiger partial charge in [0.05, 0.1) is 6.42 Å². The molecule has 28 heavy (non-hydrogen) atoms. The van der Waals surface area contributed by atoms with Crippen molar-refractivity contribution in [2.24, 2.45) is 0 Å². The maximum Gasteiger partial charge on any atom is 0.332 e. The summed E-state index contributed by atoms with van der Waals surface area (Å²) in [5.41, 5.74) is 0.758. The average Bonchev–Trinajstić information content (AvgIpc) is 2.65. The van der Waals surface area contributed by atoms with Gasteiger partial charge in [0.15, 0.2) is 0 Å². The summed E-state index contributed by atoms with van der Waals surface area (Å²) in [6.07, 6.45) is 21.3. The van der Waals surface area contributed by atoms with Gasteiger partial charge in [0.2, 0.25) is 0 Å². The van der Waals surface area contributed by atoms with Gasteiger partial charge in [-0.2, -0.15) is 0 Å². The van der Waals surface area contributed by atoms with Gasteiger partial charge >= 0.3 is 11.9 Å². The van der Waals surface area contributed by atoms with Gasteiger partial charge in [-0.15, -0.1) is 0 Å². The predicted octanol–water partition coefficient (Wildman–Crippen LogP) is 7.51. The molecule has 164 valence electrons. The Labute approximate surface area is 172 Å². The summed E-state index contributed by atoms with van der Waals surface area (Å²) in [7, 11) is 0. The molecule has 4 nitrogen and oxygen atoms in total. The molecule has 0 aromatic heterocycles. The molecule has 0 saturated heterocycles. The lowest BCUT2D eigenvalue weighted by Crippen LogP contribution is -2.09. The van der Waals surface area contributed by atoms with Crippen molar-refractivity contribution in [3.8, 4) is 0 Å². The van der Waals surface area contributed by atoms with E-state index in [1.165, 1.54) is 89.9 Å². The number of unbranched alkanes of at least 4 members (excludes halogenated alkanes) is 15. The van der Waals surface area contributed by atoms with Gasteiger partial charge in [0.1, 0.15) is 0 Å². The third-order valence-electron chi connectivity index (χ3n) is 5.51. The summed E-state index contributed by atoms with van der Waals surface area (Å²) >= 11 is 0. The fraction of sp³-hybridized carbons (Fsp3) is 0.833. The third-order valence-corrected chi connectivity index (χ3v) is 5.51. The highest BCUT2D eigenvalue weighted by molar-refractivity contribution is 5.92. The Balaban J connectivity index is 3.48. The molecule has 0 aliphatic carbocycles. The van der Waals surface area contributed by atoms with E-state index in [0.29, 0.717) is 12.0 Å². The largest absolute Gasteiger partial charge is 0.481 e. The molecule has 0 aliphatic rings. The Bertz CT molecular complexity index is 440. The van der Waals surface area contributed by atoms with Gasteiger partial charge in [-0.3, -0.25) is 4.79 Å².